The van der Waals surface area contributed by atoms with Gasteiger partial charge in [0.1, 0.15) is 0 Å². The number of nitrogens with one attached hydrogen (secondary N) is 4. The average molecular weight is 467 g/mol. The van der Waals surface area contributed by atoms with Gasteiger partial charge in [-0.3, -0.25) is 0 Å². The van der Waals surface area contributed by atoms with Crippen LogP contribution in [0.15, 0.2) is 5.16 Å². The molecule has 0 aliphatic rings. The second kappa shape index (κ2) is 13.7. The van der Waals surface area contributed by atoms with Crippen molar-refractivity contribution >= 4 is 35.6 Å². The lowest BCUT2D eigenvalue weighted by molar-refractivity contribution is 0.379. The summed E-state index contributed by atoms with van der Waals surface area (Å²) in [6.07, 6.45) is 1.95. The van der Waals surface area contributed by atoms with Crippen LogP contribution in [0, 0.1) is 0 Å². The van der Waals surface area contributed by atoms with E-state index in [1.165, 1.54) is 18.9 Å². The van der Waals surface area contributed by atoms with Gasteiger partial charge in [0.25, 0.3) is 0 Å². The maximum absolute atomic E-state index is 5.02. The molecule has 0 saturated heterocycles. The first-order valence-corrected chi connectivity index (χ1v) is 11.9. The standard InChI is InChI=1S/C10H19N5O.C10H19N5S/c2*1-6(2)11-8-13-9(12-7(3)4)15-10(14-8)16-5/h2*6-7H,1-5H3,(H2,11,12,13,14,15). The summed E-state index contributed by atoms with van der Waals surface area (Å²) in [6, 6.07) is 1.45. The molecule has 0 radical (unpaired) electrons. The van der Waals surface area contributed by atoms with Gasteiger partial charge in [0.2, 0.25) is 23.8 Å². The van der Waals surface area contributed by atoms with E-state index in [1.807, 2.05) is 34.0 Å². The lowest BCUT2D eigenvalue weighted by Gasteiger charge is -2.12. The van der Waals surface area contributed by atoms with Crippen LogP contribution in [0.5, 0.6) is 6.01 Å². The normalized spacial score (nSPS) is 10.8. The molecule has 12 heteroatoms. The summed E-state index contributed by atoms with van der Waals surface area (Å²) < 4.78 is 5.02. The summed E-state index contributed by atoms with van der Waals surface area (Å²) in [4.78, 5) is 25.3. The van der Waals surface area contributed by atoms with Crippen molar-refractivity contribution in [3.05, 3.63) is 0 Å². The second-order valence-corrected chi connectivity index (χ2v) is 8.91. The molecule has 2 aromatic heterocycles. The highest BCUT2D eigenvalue weighted by Gasteiger charge is 2.09. The Bertz CT molecular complexity index is 693. The van der Waals surface area contributed by atoms with Gasteiger partial charge in [-0.15, -0.1) is 0 Å². The minimum Gasteiger partial charge on any atom is -0.467 e. The van der Waals surface area contributed by atoms with Crippen LogP contribution < -0.4 is 26.0 Å². The molecule has 0 aliphatic heterocycles. The highest BCUT2D eigenvalue weighted by molar-refractivity contribution is 7.98. The first-order chi connectivity index (χ1) is 15.0. The van der Waals surface area contributed by atoms with Gasteiger partial charge in [-0.1, -0.05) is 11.8 Å². The van der Waals surface area contributed by atoms with Crippen molar-refractivity contribution in [2.24, 2.45) is 0 Å². The smallest absolute Gasteiger partial charge is 0.322 e. The van der Waals surface area contributed by atoms with Gasteiger partial charge in [0, 0.05) is 24.2 Å². The van der Waals surface area contributed by atoms with Crippen molar-refractivity contribution in [2.75, 3.05) is 34.6 Å². The molecule has 11 nitrogen and oxygen atoms in total. The number of rotatable bonds is 10. The number of ether oxygens (including phenoxy) is 1. The zero-order chi connectivity index (χ0) is 24.3. The molecule has 2 rings (SSSR count). The fraction of sp³-hybridized carbons (Fsp3) is 0.700. The summed E-state index contributed by atoms with van der Waals surface area (Å²) in [6.45, 7) is 16.3. The summed E-state index contributed by atoms with van der Waals surface area (Å²) in [7, 11) is 1.54. The molecule has 0 unspecified atom stereocenters. The molecule has 2 aromatic rings. The Morgan fingerprint density at radius 3 is 1.12 bits per heavy atom. The quantitative estimate of drug-likeness (QED) is 0.380. The zero-order valence-corrected chi connectivity index (χ0v) is 21.6. The van der Waals surface area contributed by atoms with Gasteiger partial charge >= 0.3 is 6.01 Å². The molecule has 0 spiro atoms. The maximum Gasteiger partial charge on any atom is 0.322 e. The van der Waals surface area contributed by atoms with Gasteiger partial charge in [-0.2, -0.15) is 29.9 Å². The van der Waals surface area contributed by atoms with E-state index in [0.717, 1.165) is 5.16 Å². The van der Waals surface area contributed by atoms with E-state index in [4.69, 9.17) is 4.74 Å². The van der Waals surface area contributed by atoms with Crippen LogP contribution in [0.1, 0.15) is 55.4 Å². The number of thioether (sulfide) groups is 1. The third-order valence-electron chi connectivity index (χ3n) is 3.27. The molecule has 0 atom stereocenters. The predicted molar refractivity (Wildman–Crippen MR) is 133 cm³/mol. The van der Waals surface area contributed by atoms with Crippen LogP contribution in [0.2, 0.25) is 0 Å². The Kier molecular flexibility index (Phi) is 11.7. The van der Waals surface area contributed by atoms with E-state index in [2.05, 4.69) is 78.9 Å². The highest BCUT2D eigenvalue weighted by atomic mass is 32.2. The topological polar surface area (TPSA) is 135 Å². The molecule has 180 valence electrons. The number of methoxy groups -OCH3 is 1. The molecule has 2 heterocycles. The fourth-order valence-corrected chi connectivity index (χ4v) is 2.54. The molecule has 4 N–H and O–H groups in total. The SMILES string of the molecule is COc1nc(NC(C)C)nc(NC(C)C)n1.CSc1nc(NC(C)C)nc(NC(C)C)n1. The van der Waals surface area contributed by atoms with Crippen LogP contribution >= 0.6 is 11.8 Å². The first-order valence-electron chi connectivity index (χ1n) is 10.7. The Morgan fingerprint density at radius 1 is 0.562 bits per heavy atom. The maximum atomic E-state index is 5.02. The van der Waals surface area contributed by atoms with Crippen LogP contribution in [0.25, 0.3) is 0 Å². The summed E-state index contributed by atoms with van der Waals surface area (Å²) in [5.74, 6) is 2.28. The minimum atomic E-state index is 0.263. The Morgan fingerprint density at radius 2 is 0.875 bits per heavy atom. The Hall–Kier alpha value is -2.63. The monoisotopic (exact) mass is 466 g/mol. The van der Waals surface area contributed by atoms with Gasteiger partial charge < -0.3 is 26.0 Å². The molecule has 0 bridgehead atoms. The molecule has 0 fully saturated rings. The van der Waals surface area contributed by atoms with Crippen molar-refractivity contribution in [1.82, 2.24) is 29.9 Å². The Balaban J connectivity index is 0.000000320. The van der Waals surface area contributed by atoms with Crippen LogP contribution in [0.4, 0.5) is 23.8 Å². The lowest BCUT2D eigenvalue weighted by atomic mass is 10.4. The van der Waals surface area contributed by atoms with Crippen LogP contribution in [-0.2, 0) is 0 Å². The molecular formula is C20H38N10OS. The average Bonchev–Trinajstić information content (AvgIpc) is 2.65. The van der Waals surface area contributed by atoms with E-state index < -0.39 is 0 Å². The molecule has 0 aliphatic carbocycles. The van der Waals surface area contributed by atoms with E-state index in [9.17, 15) is 0 Å². The largest absolute Gasteiger partial charge is 0.467 e. The van der Waals surface area contributed by atoms with E-state index in [-0.39, 0.29) is 12.1 Å². The number of hydrogen-bond acceptors (Lipinski definition) is 12. The summed E-state index contributed by atoms with van der Waals surface area (Å²) in [5.41, 5.74) is 0. The molecule has 0 saturated carbocycles. The van der Waals surface area contributed by atoms with Crippen molar-refractivity contribution in [3.63, 3.8) is 0 Å². The van der Waals surface area contributed by atoms with Crippen molar-refractivity contribution in [1.29, 1.82) is 0 Å². The van der Waals surface area contributed by atoms with E-state index in [0.29, 0.717) is 41.9 Å². The Labute approximate surface area is 195 Å². The van der Waals surface area contributed by atoms with Gasteiger partial charge in [0.15, 0.2) is 5.16 Å². The summed E-state index contributed by atoms with van der Waals surface area (Å²) in [5, 5.41) is 13.3. The number of hydrogen-bond donors (Lipinski definition) is 4. The van der Waals surface area contributed by atoms with Gasteiger partial charge in [0.05, 0.1) is 7.11 Å². The summed E-state index contributed by atoms with van der Waals surface area (Å²) >= 11 is 1.51. The molecular weight excluding hydrogens is 428 g/mol. The zero-order valence-electron chi connectivity index (χ0n) is 20.8. The van der Waals surface area contributed by atoms with Crippen molar-refractivity contribution in [2.45, 2.75) is 84.7 Å². The van der Waals surface area contributed by atoms with Crippen molar-refractivity contribution in [3.8, 4) is 6.01 Å². The number of nitrogens with zero attached hydrogens (tertiary/aromatic N) is 6. The second-order valence-electron chi connectivity index (χ2n) is 8.13. The predicted octanol–water partition coefficient (Wildman–Crippen LogP) is 3.75. The van der Waals surface area contributed by atoms with Crippen LogP contribution in [-0.4, -0.2) is 67.4 Å². The third-order valence-corrected chi connectivity index (χ3v) is 3.81. The van der Waals surface area contributed by atoms with E-state index in [1.54, 1.807) is 0 Å². The molecule has 0 aromatic carbocycles. The van der Waals surface area contributed by atoms with E-state index >= 15 is 0 Å². The van der Waals surface area contributed by atoms with Gasteiger partial charge in [-0.25, -0.2) is 0 Å². The highest BCUT2D eigenvalue weighted by Crippen LogP contribution is 2.15. The van der Waals surface area contributed by atoms with Crippen molar-refractivity contribution < 1.29 is 4.74 Å². The van der Waals surface area contributed by atoms with Gasteiger partial charge in [-0.05, 0) is 61.6 Å². The fourth-order valence-electron chi connectivity index (χ4n) is 2.19. The number of aromatic nitrogens is 6. The number of anilines is 4. The first kappa shape index (κ1) is 27.4. The third kappa shape index (κ3) is 11.1. The lowest BCUT2D eigenvalue weighted by Crippen LogP contribution is -2.17. The van der Waals surface area contributed by atoms with Crippen LogP contribution in [0.3, 0.4) is 0 Å². The minimum absolute atomic E-state index is 0.263. The molecule has 0 amide bonds. The molecule has 32 heavy (non-hydrogen) atoms.